The van der Waals surface area contributed by atoms with Crippen LogP contribution in [-0.2, 0) is 12.6 Å². The summed E-state index contributed by atoms with van der Waals surface area (Å²) in [6, 6.07) is 2.46. The van der Waals surface area contributed by atoms with E-state index in [9.17, 15) is 13.2 Å². The van der Waals surface area contributed by atoms with Gasteiger partial charge in [-0.1, -0.05) is 17.7 Å². The van der Waals surface area contributed by atoms with E-state index in [0.29, 0.717) is 12.1 Å². The van der Waals surface area contributed by atoms with E-state index in [1.165, 1.54) is 16.9 Å². The van der Waals surface area contributed by atoms with Crippen LogP contribution in [0.25, 0.3) is 0 Å². The maximum absolute atomic E-state index is 12.2. The van der Waals surface area contributed by atoms with E-state index >= 15 is 0 Å². The summed E-state index contributed by atoms with van der Waals surface area (Å²) in [7, 11) is 1.36. The molecule has 0 saturated heterocycles. The lowest BCUT2D eigenvalue weighted by atomic mass is 10.2. The molecule has 15 heavy (non-hydrogen) atoms. The number of rotatable bonds is 3. The van der Waals surface area contributed by atoms with E-state index in [2.05, 4.69) is 16.6 Å². The minimum absolute atomic E-state index is 0.234. The second kappa shape index (κ2) is 5.12. The van der Waals surface area contributed by atoms with Crippen molar-refractivity contribution in [2.24, 2.45) is 0 Å². The monoisotopic (exact) mass is 253 g/mol. The molecule has 1 rings (SSSR count). The van der Waals surface area contributed by atoms with Gasteiger partial charge in [-0.05, 0) is 12.1 Å². The van der Waals surface area contributed by atoms with Crippen molar-refractivity contribution in [1.29, 1.82) is 0 Å². The fraction of sp³-hybridized carbons (Fsp3) is 0.444. The lowest BCUT2D eigenvalue weighted by molar-refractivity contribution is -0.137. The molecular formula is C9H10F3NS2. The van der Waals surface area contributed by atoms with Gasteiger partial charge in [0.15, 0.2) is 0 Å². The maximum atomic E-state index is 12.2. The second-order valence-corrected chi connectivity index (χ2v) is 4.80. The van der Waals surface area contributed by atoms with E-state index in [1.54, 1.807) is 0 Å². The number of halogens is 3. The van der Waals surface area contributed by atoms with E-state index < -0.39 is 11.7 Å². The molecule has 1 atom stereocenters. The Hall–Kier alpha value is -0.360. The molecular weight excluding hydrogens is 243 g/mol. The highest BCUT2D eigenvalue weighted by molar-refractivity contribution is 8.68. The zero-order chi connectivity index (χ0) is 11.5. The first kappa shape index (κ1) is 12.7. The minimum atomic E-state index is -4.31. The highest BCUT2D eigenvalue weighted by atomic mass is 33.1. The summed E-state index contributed by atoms with van der Waals surface area (Å²) in [6.07, 6.45) is -2.83. The van der Waals surface area contributed by atoms with Gasteiger partial charge in [0.2, 0.25) is 0 Å². The number of nitrogens with zero attached hydrogens (tertiary/aromatic N) is 1. The first-order chi connectivity index (χ1) is 6.93. The molecule has 0 radical (unpaired) electrons. The van der Waals surface area contributed by atoms with Gasteiger partial charge in [0, 0.05) is 23.6 Å². The molecule has 0 spiro atoms. The molecule has 0 aliphatic rings. The SMILES string of the molecule is CC(Cc1ccc(C(F)(F)F)cn1)SS. The number of alkyl halides is 3. The summed E-state index contributed by atoms with van der Waals surface area (Å²) in [5.41, 5.74) is -0.0607. The lowest BCUT2D eigenvalue weighted by Crippen LogP contribution is -2.07. The fourth-order valence-electron chi connectivity index (χ4n) is 1.04. The molecule has 1 unspecified atom stereocenters. The zero-order valence-electron chi connectivity index (χ0n) is 7.95. The van der Waals surface area contributed by atoms with Crippen LogP contribution in [-0.4, -0.2) is 10.2 Å². The molecule has 0 bridgehead atoms. The number of hydrogen-bond donors (Lipinski definition) is 1. The van der Waals surface area contributed by atoms with Crippen LogP contribution in [0.2, 0.25) is 0 Å². The van der Waals surface area contributed by atoms with Crippen molar-refractivity contribution in [3.05, 3.63) is 29.6 Å². The zero-order valence-corrected chi connectivity index (χ0v) is 9.66. The van der Waals surface area contributed by atoms with Crippen LogP contribution in [0.4, 0.5) is 13.2 Å². The summed E-state index contributed by atoms with van der Waals surface area (Å²) in [5.74, 6) is 0. The largest absolute Gasteiger partial charge is 0.417 e. The Morgan fingerprint density at radius 2 is 2.13 bits per heavy atom. The van der Waals surface area contributed by atoms with E-state index in [0.717, 1.165) is 12.3 Å². The summed E-state index contributed by atoms with van der Waals surface area (Å²) in [5, 5.41) is 0.234. The predicted molar refractivity (Wildman–Crippen MR) is 59.0 cm³/mol. The third kappa shape index (κ3) is 3.95. The molecule has 1 nitrogen and oxygen atoms in total. The molecule has 0 aliphatic carbocycles. The average Bonchev–Trinajstić information content (AvgIpc) is 2.17. The molecule has 1 aromatic heterocycles. The number of thiol groups is 1. The Bertz CT molecular complexity index is 310. The Kier molecular flexibility index (Phi) is 4.33. The molecule has 0 aromatic carbocycles. The van der Waals surface area contributed by atoms with E-state index in [-0.39, 0.29) is 5.25 Å². The molecule has 84 valence electrons. The summed E-state index contributed by atoms with van der Waals surface area (Å²) >= 11 is 4.02. The third-order valence-corrected chi connectivity index (χ3v) is 3.43. The molecule has 0 amide bonds. The molecule has 1 aromatic rings. The number of pyridine rings is 1. The second-order valence-electron chi connectivity index (χ2n) is 3.16. The van der Waals surface area contributed by atoms with Crippen molar-refractivity contribution < 1.29 is 13.2 Å². The first-order valence-electron chi connectivity index (χ1n) is 4.26. The molecule has 0 fully saturated rings. The summed E-state index contributed by atoms with van der Waals surface area (Å²) in [4.78, 5) is 3.77. The lowest BCUT2D eigenvalue weighted by Gasteiger charge is -2.08. The van der Waals surface area contributed by atoms with Gasteiger partial charge in [0.25, 0.3) is 0 Å². The van der Waals surface area contributed by atoms with Gasteiger partial charge in [-0.3, -0.25) is 4.98 Å². The van der Waals surface area contributed by atoms with Gasteiger partial charge in [0.1, 0.15) is 0 Å². The molecule has 0 N–H and O–H groups in total. The number of hydrogen-bond acceptors (Lipinski definition) is 3. The van der Waals surface area contributed by atoms with E-state index in [1.807, 2.05) is 6.92 Å². The summed E-state index contributed by atoms with van der Waals surface area (Å²) in [6.45, 7) is 1.94. The van der Waals surface area contributed by atoms with Crippen molar-refractivity contribution in [1.82, 2.24) is 4.98 Å². The minimum Gasteiger partial charge on any atom is -0.261 e. The highest BCUT2D eigenvalue weighted by Gasteiger charge is 2.30. The molecule has 6 heteroatoms. The van der Waals surface area contributed by atoms with Crippen molar-refractivity contribution in [2.45, 2.75) is 24.8 Å². The van der Waals surface area contributed by atoms with E-state index in [4.69, 9.17) is 0 Å². The van der Waals surface area contributed by atoms with Crippen LogP contribution in [0.3, 0.4) is 0 Å². The Labute approximate surface area is 95.3 Å². The van der Waals surface area contributed by atoms with Crippen LogP contribution in [0, 0.1) is 0 Å². The standard InChI is InChI=1S/C9H10F3NS2/c1-6(15-14)4-8-3-2-7(5-13-8)9(10,11)12/h2-3,5-6,14H,4H2,1H3. The molecule has 0 saturated carbocycles. The Morgan fingerprint density at radius 3 is 2.53 bits per heavy atom. The van der Waals surface area contributed by atoms with Crippen LogP contribution in [0.1, 0.15) is 18.2 Å². The molecule has 1 heterocycles. The van der Waals surface area contributed by atoms with Crippen LogP contribution in [0.15, 0.2) is 18.3 Å². The van der Waals surface area contributed by atoms with Crippen molar-refractivity contribution in [3.63, 3.8) is 0 Å². The van der Waals surface area contributed by atoms with Crippen LogP contribution >= 0.6 is 22.5 Å². The maximum Gasteiger partial charge on any atom is 0.417 e. The smallest absolute Gasteiger partial charge is 0.261 e. The Morgan fingerprint density at radius 1 is 1.47 bits per heavy atom. The normalized spacial score (nSPS) is 13.9. The van der Waals surface area contributed by atoms with Gasteiger partial charge < -0.3 is 0 Å². The topological polar surface area (TPSA) is 12.9 Å². The van der Waals surface area contributed by atoms with Gasteiger partial charge in [0.05, 0.1) is 5.56 Å². The average molecular weight is 253 g/mol. The quantitative estimate of drug-likeness (QED) is 0.653. The van der Waals surface area contributed by atoms with Crippen LogP contribution < -0.4 is 0 Å². The van der Waals surface area contributed by atoms with Gasteiger partial charge in [-0.15, -0.1) is 11.7 Å². The summed E-state index contributed by atoms with van der Waals surface area (Å²) < 4.78 is 36.6. The van der Waals surface area contributed by atoms with Crippen LogP contribution in [0.5, 0.6) is 0 Å². The predicted octanol–water partition coefficient (Wildman–Crippen LogP) is 3.61. The van der Waals surface area contributed by atoms with Crippen molar-refractivity contribution >= 4 is 22.5 Å². The van der Waals surface area contributed by atoms with Gasteiger partial charge >= 0.3 is 6.18 Å². The van der Waals surface area contributed by atoms with Crippen molar-refractivity contribution in [3.8, 4) is 0 Å². The third-order valence-electron chi connectivity index (χ3n) is 1.83. The van der Waals surface area contributed by atoms with Crippen molar-refractivity contribution in [2.75, 3.05) is 0 Å². The first-order valence-corrected chi connectivity index (χ1v) is 6.19. The number of aromatic nitrogens is 1. The molecule has 0 aliphatic heterocycles. The fourth-order valence-corrected chi connectivity index (χ4v) is 1.51. The van der Waals surface area contributed by atoms with Gasteiger partial charge in [-0.25, -0.2) is 0 Å². The highest BCUT2D eigenvalue weighted by Crippen LogP contribution is 2.28. The Balaban J connectivity index is 2.73. The van der Waals surface area contributed by atoms with Gasteiger partial charge in [-0.2, -0.15) is 13.2 Å².